The Bertz CT molecular complexity index is 1310. The van der Waals surface area contributed by atoms with E-state index in [1.165, 1.54) is 12.1 Å². The Hall–Kier alpha value is -3.67. The fraction of sp³-hybridized carbons (Fsp3) is 0.375. The molecule has 2 aromatic carbocycles. The number of ketones is 2. The average molecular weight is 516 g/mol. The molecule has 0 bridgehead atoms. The molecule has 3 aliphatic rings. The molecule has 1 heterocycles. The van der Waals surface area contributed by atoms with Gasteiger partial charge in [-0.3, -0.25) is 9.59 Å². The van der Waals surface area contributed by atoms with Crippen LogP contribution < -0.4 is 9.47 Å². The van der Waals surface area contributed by atoms with E-state index in [4.69, 9.17) is 9.47 Å². The van der Waals surface area contributed by atoms with Crippen LogP contribution in [0.1, 0.15) is 68.1 Å². The highest BCUT2D eigenvalue weighted by Gasteiger charge is 2.42. The predicted molar refractivity (Wildman–Crippen MR) is 145 cm³/mol. The van der Waals surface area contributed by atoms with Crippen LogP contribution in [-0.2, 0) is 22.6 Å². The molecular formula is C32H34FNO4. The Morgan fingerprint density at radius 3 is 2.29 bits per heavy atom. The summed E-state index contributed by atoms with van der Waals surface area (Å²) in [6.07, 6.45) is 6.59. The first-order valence-electron chi connectivity index (χ1n) is 13.5. The fourth-order valence-corrected chi connectivity index (χ4v) is 6.05. The molecule has 0 saturated carbocycles. The third-order valence-corrected chi connectivity index (χ3v) is 7.67. The molecule has 0 amide bonds. The van der Waals surface area contributed by atoms with Gasteiger partial charge >= 0.3 is 0 Å². The Morgan fingerprint density at radius 2 is 1.68 bits per heavy atom. The van der Waals surface area contributed by atoms with E-state index in [1.807, 2.05) is 32.2 Å². The summed E-state index contributed by atoms with van der Waals surface area (Å²) in [7, 11) is 2.00. The van der Waals surface area contributed by atoms with Crippen LogP contribution in [0.4, 0.5) is 4.39 Å². The minimum atomic E-state index is -0.420. The first-order valence-corrected chi connectivity index (χ1v) is 13.5. The van der Waals surface area contributed by atoms with Crippen molar-refractivity contribution in [2.75, 3.05) is 13.7 Å². The molecule has 0 unspecified atom stereocenters. The topological polar surface area (TPSA) is 55.8 Å². The van der Waals surface area contributed by atoms with Crippen LogP contribution in [0.15, 0.2) is 71.6 Å². The molecular weight excluding hydrogens is 481 g/mol. The average Bonchev–Trinajstić information content (AvgIpc) is 2.90. The maximum absolute atomic E-state index is 13.8. The van der Waals surface area contributed by atoms with Crippen molar-refractivity contribution in [2.45, 2.75) is 64.4 Å². The third kappa shape index (κ3) is 4.80. The lowest BCUT2D eigenvalue weighted by molar-refractivity contribution is -0.117. The van der Waals surface area contributed by atoms with Gasteiger partial charge in [-0.15, -0.1) is 6.58 Å². The van der Waals surface area contributed by atoms with Crippen LogP contribution in [0.3, 0.4) is 0 Å². The molecule has 0 aromatic heterocycles. The lowest BCUT2D eigenvalue weighted by Gasteiger charge is -2.42. The minimum Gasteiger partial charge on any atom is -0.490 e. The smallest absolute Gasteiger partial charge is 0.165 e. The number of carbonyl (C=O) groups is 2. The first kappa shape index (κ1) is 26.0. The highest BCUT2D eigenvalue weighted by atomic mass is 19.1. The second kappa shape index (κ2) is 11.0. The van der Waals surface area contributed by atoms with E-state index >= 15 is 0 Å². The Balaban J connectivity index is 1.64. The Labute approximate surface area is 223 Å². The monoisotopic (exact) mass is 515 g/mol. The van der Waals surface area contributed by atoms with Crippen molar-refractivity contribution in [3.63, 3.8) is 0 Å². The lowest BCUT2D eigenvalue weighted by Crippen LogP contribution is -2.37. The summed E-state index contributed by atoms with van der Waals surface area (Å²) in [6.45, 7) is 6.43. The molecule has 38 heavy (non-hydrogen) atoms. The zero-order valence-electron chi connectivity index (χ0n) is 22.1. The van der Waals surface area contributed by atoms with Crippen molar-refractivity contribution >= 4 is 11.6 Å². The van der Waals surface area contributed by atoms with Crippen molar-refractivity contribution in [1.82, 2.24) is 4.90 Å². The number of hydrogen-bond donors (Lipinski definition) is 0. The second-order valence-electron chi connectivity index (χ2n) is 10.1. The quantitative estimate of drug-likeness (QED) is 0.372. The number of halogens is 1. The molecule has 0 saturated heterocycles. The summed E-state index contributed by atoms with van der Waals surface area (Å²) in [4.78, 5) is 28.9. The summed E-state index contributed by atoms with van der Waals surface area (Å²) in [5, 5.41) is 0. The standard InChI is InChI=1S/C32H34FNO4/c1-4-9-21-17-22(18-28(37-5-2)32(21)38-19-20-10-6-11-23(33)16-20)29-30-24(12-7-14-26(30)35)34(3)25-13-8-15-27(36)31(25)29/h4,6,10-11,16-18,29H,1,5,7-9,12-15,19H2,2-3H3. The lowest BCUT2D eigenvalue weighted by atomic mass is 9.71. The van der Waals surface area contributed by atoms with Gasteiger partial charge in [0.25, 0.3) is 0 Å². The molecule has 0 radical (unpaired) electrons. The second-order valence-corrected chi connectivity index (χ2v) is 10.1. The van der Waals surface area contributed by atoms with Crippen LogP contribution in [0.2, 0.25) is 0 Å². The van der Waals surface area contributed by atoms with E-state index in [0.29, 0.717) is 42.9 Å². The van der Waals surface area contributed by atoms with Crippen LogP contribution in [0.5, 0.6) is 11.5 Å². The zero-order chi connectivity index (χ0) is 26.8. The SMILES string of the molecule is C=CCc1cc(C2C3=C(CCCC3=O)N(C)C3=C2C(=O)CCC3)cc(OCC)c1OCc1cccc(F)c1. The molecule has 2 aliphatic carbocycles. The van der Waals surface area contributed by atoms with E-state index in [0.717, 1.165) is 59.4 Å². The molecule has 1 aliphatic heterocycles. The number of rotatable bonds is 8. The summed E-state index contributed by atoms with van der Waals surface area (Å²) in [5.74, 6) is 0.610. The Kier molecular flexibility index (Phi) is 7.50. The molecule has 198 valence electrons. The van der Waals surface area contributed by atoms with Gasteiger partial charge in [0.1, 0.15) is 12.4 Å². The predicted octanol–water partition coefficient (Wildman–Crippen LogP) is 6.58. The van der Waals surface area contributed by atoms with E-state index in [-0.39, 0.29) is 24.0 Å². The van der Waals surface area contributed by atoms with E-state index < -0.39 is 5.92 Å². The molecule has 5 rings (SSSR count). The van der Waals surface area contributed by atoms with Gasteiger partial charge in [-0.25, -0.2) is 4.39 Å². The molecule has 6 heteroatoms. The zero-order valence-corrected chi connectivity index (χ0v) is 22.1. The number of hydrogen-bond acceptors (Lipinski definition) is 5. The van der Waals surface area contributed by atoms with Crippen molar-refractivity contribution in [2.24, 2.45) is 0 Å². The van der Waals surface area contributed by atoms with E-state index in [9.17, 15) is 14.0 Å². The van der Waals surface area contributed by atoms with Gasteiger partial charge in [-0.05, 0) is 68.4 Å². The van der Waals surface area contributed by atoms with Crippen molar-refractivity contribution < 1.29 is 23.5 Å². The number of nitrogens with zero attached hydrogens (tertiary/aromatic N) is 1. The normalized spacial score (nSPS) is 17.9. The highest BCUT2D eigenvalue weighted by molar-refractivity contribution is 6.06. The number of ether oxygens (including phenoxy) is 2. The minimum absolute atomic E-state index is 0.114. The summed E-state index contributed by atoms with van der Waals surface area (Å²) < 4.78 is 26.0. The molecule has 0 fully saturated rings. The van der Waals surface area contributed by atoms with Crippen LogP contribution in [0, 0.1) is 5.82 Å². The van der Waals surface area contributed by atoms with Gasteiger partial charge in [0, 0.05) is 53.9 Å². The number of benzene rings is 2. The van der Waals surface area contributed by atoms with Gasteiger partial charge in [-0.2, -0.15) is 0 Å². The fourth-order valence-electron chi connectivity index (χ4n) is 6.05. The third-order valence-electron chi connectivity index (χ3n) is 7.67. The number of Topliss-reactive ketones (excluding diaryl/α,β-unsaturated/α-hetero) is 2. The van der Waals surface area contributed by atoms with Crippen molar-refractivity contribution in [3.8, 4) is 11.5 Å². The van der Waals surface area contributed by atoms with Gasteiger partial charge in [-0.1, -0.05) is 24.3 Å². The largest absolute Gasteiger partial charge is 0.490 e. The Morgan fingerprint density at radius 1 is 1.00 bits per heavy atom. The first-order chi connectivity index (χ1) is 18.4. The number of allylic oxidation sites excluding steroid dienone is 5. The van der Waals surface area contributed by atoms with Crippen LogP contribution in [-0.4, -0.2) is 30.1 Å². The maximum Gasteiger partial charge on any atom is 0.165 e. The molecule has 0 spiro atoms. The summed E-state index contributed by atoms with van der Waals surface area (Å²) in [5.41, 5.74) is 5.99. The molecule has 0 atom stereocenters. The van der Waals surface area contributed by atoms with Gasteiger partial charge < -0.3 is 14.4 Å². The maximum atomic E-state index is 13.8. The highest BCUT2D eigenvalue weighted by Crippen LogP contribution is 2.50. The molecule has 2 aromatic rings. The van der Waals surface area contributed by atoms with Crippen LogP contribution >= 0.6 is 0 Å². The summed E-state index contributed by atoms with van der Waals surface area (Å²) >= 11 is 0. The molecule has 0 N–H and O–H groups in total. The van der Waals surface area contributed by atoms with Crippen molar-refractivity contribution in [1.29, 1.82) is 0 Å². The van der Waals surface area contributed by atoms with Gasteiger partial charge in [0.2, 0.25) is 0 Å². The number of carbonyl (C=O) groups excluding carboxylic acids is 2. The van der Waals surface area contributed by atoms with Crippen LogP contribution in [0.25, 0.3) is 0 Å². The van der Waals surface area contributed by atoms with Gasteiger partial charge in [0.05, 0.1) is 6.61 Å². The summed E-state index contributed by atoms with van der Waals surface area (Å²) in [6, 6.07) is 10.3. The van der Waals surface area contributed by atoms with Gasteiger partial charge in [0.15, 0.2) is 23.1 Å². The van der Waals surface area contributed by atoms with Crippen molar-refractivity contribution in [3.05, 3.63) is 94.1 Å². The van der Waals surface area contributed by atoms with E-state index in [2.05, 4.69) is 11.5 Å². The van der Waals surface area contributed by atoms with E-state index in [1.54, 1.807) is 12.1 Å². The molecule has 5 nitrogen and oxygen atoms in total.